The number of hydrogen-bond acceptors (Lipinski definition) is 9. The molecule has 0 bridgehead atoms. The standard InChI is InChI=1S/C35H47N9O6/c1-8-44-26(16-21(2)40-44)33(47)39-34-42(6)25-18-23(32(37)46)20-28(49-7)30(25)43(34)14-10-9-13-38-29-24(41-48)17-22(31(36)45)19-27(29)50-15-11-12-35(3,4)5/h9-10,16-20,38,41,48H,8,11-15H2,1-7H3,(H2,36,45)(H2,37,46)/b10-9+,39-34?. The first-order chi connectivity index (χ1) is 23.7. The van der Waals surface area contributed by atoms with Crippen LogP contribution in [0.15, 0.2) is 47.5 Å². The Balaban J connectivity index is 1.69. The maximum absolute atomic E-state index is 13.5. The summed E-state index contributed by atoms with van der Waals surface area (Å²) in [6.45, 7) is 11.6. The lowest BCUT2D eigenvalue weighted by Gasteiger charge is -2.20. The van der Waals surface area contributed by atoms with Crippen LogP contribution in [-0.4, -0.2) is 62.1 Å². The van der Waals surface area contributed by atoms with Crippen LogP contribution in [0.3, 0.4) is 0 Å². The summed E-state index contributed by atoms with van der Waals surface area (Å²) in [6, 6.07) is 7.85. The van der Waals surface area contributed by atoms with Crippen LogP contribution in [-0.2, 0) is 20.1 Å². The van der Waals surface area contributed by atoms with E-state index < -0.39 is 17.7 Å². The summed E-state index contributed by atoms with van der Waals surface area (Å²) in [7, 11) is 3.23. The van der Waals surface area contributed by atoms with Crippen LogP contribution in [0, 0.1) is 12.3 Å². The lowest BCUT2D eigenvalue weighted by Crippen LogP contribution is -2.26. The molecule has 2 aromatic carbocycles. The molecule has 0 aliphatic carbocycles. The zero-order valence-electron chi connectivity index (χ0n) is 29.7. The zero-order chi connectivity index (χ0) is 36.7. The van der Waals surface area contributed by atoms with Gasteiger partial charge in [-0.15, -0.1) is 0 Å². The van der Waals surface area contributed by atoms with Gasteiger partial charge in [-0.3, -0.25) is 29.8 Å². The molecule has 0 radical (unpaired) electrons. The number of nitrogens with two attached hydrogens (primary N) is 2. The number of primary amides is 2. The minimum Gasteiger partial charge on any atom is -0.494 e. The number of hydrogen-bond donors (Lipinski definition) is 5. The fraction of sp³-hybridized carbons (Fsp3) is 0.400. The lowest BCUT2D eigenvalue weighted by molar-refractivity contribution is 0.0980. The summed E-state index contributed by atoms with van der Waals surface area (Å²) < 4.78 is 16.8. The van der Waals surface area contributed by atoms with E-state index in [9.17, 15) is 19.6 Å². The Morgan fingerprint density at radius 2 is 1.72 bits per heavy atom. The van der Waals surface area contributed by atoms with E-state index in [0.29, 0.717) is 58.4 Å². The second kappa shape index (κ2) is 15.8. The average Bonchev–Trinajstić information content (AvgIpc) is 3.58. The van der Waals surface area contributed by atoms with Gasteiger partial charge in [0, 0.05) is 37.8 Å². The van der Waals surface area contributed by atoms with Gasteiger partial charge in [-0.05, 0) is 62.4 Å². The van der Waals surface area contributed by atoms with Crippen molar-refractivity contribution in [2.45, 2.75) is 60.5 Å². The van der Waals surface area contributed by atoms with Gasteiger partial charge >= 0.3 is 0 Å². The minimum absolute atomic E-state index is 0.135. The van der Waals surface area contributed by atoms with E-state index in [1.807, 2.05) is 26.0 Å². The van der Waals surface area contributed by atoms with E-state index >= 15 is 0 Å². The van der Waals surface area contributed by atoms with Gasteiger partial charge in [-0.25, -0.2) is 0 Å². The first kappa shape index (κ1) is 37.3. The first-order valence-corrected chi connectivity index (χ1v) is 16.3. The van der Waals surface area contributed by atoms with Crippen LogP contribution >= 0.6 is 0 Å². The number of amides is 3. The Morgan fingerprint density at radius 3 is 2.34 bits per heavy atom. The fourth-order valence-corrected chi connectivity index (χ4v) is 5.57. The van der Waals surface area contributed by atoms with Crippen LogP contribution in [0.1, 0.15) is 77.4 Å². The quantitative estimate of drug-likeness (QED) is 0.0690. The van der Waals surface area contributed by atoms with Crippen molar-refractivity contribution < 1.29 is 29.1 Å². The van der Waals surface area contributed by atoms with Crippen molar-refractivity contribution in [1.29, 1.82) is 0 Å². The summed E-state index contributed by atoms with van der Waals surface area (Å²) in [6.07, 6.45) is 5.44. The average molecular weight is 690 g/mol. The molecule has 3 amide bonds. The third-order valence-corrected chi connectivity index (χ3v) is 8.04. The molecule has 15 heteroatoms. The highest BCUT2D eigenvalue weighted by Crippen LogP contribution is 2.35. The third kappa shape index (κ3) is 8.52. The number of imidazole rings is 1. The van der Waals surface area contributed by atoms with E-state index in [2.05, 4.69) is 41.7 Å². The molecule has 0 fully saturated rings. The van der Waals surface area contributed by atoms with Gasteiger partial charge in [0.1, 0.15) is 28.4 Å². The molecule has 0 atom stereocenters. The minimum atomic E-state index is -0.660. The Bertz CT molecular complexity index is 2000. The molecule has 4 aromatic rings. The van der Waals surface area contributed by atoms with Crippen molar-refractivity contribution >= 4 is 40.1 Å². The Hall–Kier alpha value is -5.57. The second-order valence-electron chi connectivity index (χ2n) is 13.0. The van der Waals surface area contributed by atoms with Crippen molar-refractivity contribution in [2.24, 2.45) is 28.9 Å². The maximum Gasteiger partial charge on any atom is 0.298 e. The Morgan fingerprint density at radius 1 is 1.04 bits per heavy atom. The van der Waals surface area contributed by atoms with Gasteiger partial charge in [-0.1, -0.05) is 32.9 Å². The highest BCUT2D eigenvalue weighted by molar-refractivity contribution is 5.99. The molecular weight excluding hydrogens is 642 g/mol. The predicted octanol–water partition coefficient (Wildman–Crippen LogP) is 4.13. The van der Waals surface area contributed by atoms with Crippen molar-refractivity contribution in [3.63, 3.8) is 0 Å². The van der Waals surface area contributed by atoms with Crippen LogP contribution in [0.2, 0.25) is 0 Å². The van der Waals surface area contributed by atoms with Crippen LogP contribution in [0.5, 0.6) is 11.5 Å². The SMILES string of the molecule is CCn1nc(C)cc1C(=O)N=c1n(C)c2cc(C(N)=O)cc(OC)c2n1C/C=C/CNc1c(NO)cc(C(N)=O)cc1OCCCC(C)(C)C. The molecule has 7 N–H and O–H groups in total. The number of aromatic nitrogens is 4. The second-order valence-corrected chi connectivity index (χ2v) is 13.0. The molecule has 0 saturated carbocycles. The van der Waals surface area contributed by atoms with E-state index in [-0.39, 0.29) is 35.3 Å². The largest absolute Gasteiger partial charge is 0.494 e. The van der Waals surface area contributed by atoms with E-state index in [1.54, 1.807) is 45.1 Å². The van der Waals surface area contributed by atoms with E-state index in [4.69, 9.17) is 20.9 Å². The molecule has 2 heterocycles. The number of rotatable bonds is 15. The monoisotopic (exact) mass is 689 g/mol. The summed E-state index contributed by atoms with van der Waals surface area (Å²) in [5.74, 6) is -1.03. The normalized spacial score (nSPS) is 12.1. The van der Waals surface area contributed by atoms with Gasteiger partial charge in [0.15, 0.2) is 0 Å². The summed E-state index contributed by atoms with van der Waals surface area (Å²) in [5.41, 5.74) is 17.0. The van der Waals surface area contributed by atoms with Gasteiger partial charge in [0.25, 0.3) is 5.91 Å². The topological polar surface area (TPSA) is 206 Å². The number of benzene rings is 2. The number of nitrogens with zero attached hydrogens (tertiary/aromatic N) is 5. The highest BCUT2D eigenvalue weighted by Gasteiger charge is 2.20. The molecule has 0 unspecified atom stereocenters. The molecule has 0 saturated heterocycles. The maximum atomic E-state index is 13.5. The van der Waals surface area contributed by atoms with Gasteiger partial charge in [0.05, 0.1) is 30.6 Å². The lowest BCUT2D eigenvalue weighted by atomic mass is 9.91. The Labute approximate surface area is 290 Å². The number of nitrogens with one attached hydrogen (secondary N) is 2. The molecule has 0 aliphatic rings. The number of carbonyl (C=O) groups excluding carboxylic acids is 3. The van der Waals surface area contributed by atoms with Crippen LogP contribution in [0.25, 0.3) is 11.0 Å². The highest BCUT2D eigenvalue weighted by atomic mass is 16.5. The van der Waals surface area contributed by atoms with Crippen LogP contribution in [0.4, 0.5) is 11.4 Å². The number of allylic oxidation sites excluding steroid dienone is 1. The molecule has 4 rings (SSSR count). The first-order valence-electron chi connectivity index (χ1n) is 16.3. The third-order valence-electron chi connectivity index (χ3n) is 8.04. The van der Waals surface area contributed by atoms with Crippen molar-refractivity contribution in [3.05, 3.63) is 70.6 Å². The molecule has 0 aliphatic heterocycles. The molecule has 50 heavy (non-hydrogen) atoms. The summed E-state index contributed by atoms with van der Waals surface area (Å²) in [5, 5.41) is 17.5. The summed E-state index contributed by atoms with van der Waals surface area (Å²) >= 11 is 0. The van der Waals surface area contributed by atoms with Gasteiger partial charge in [-0.2, -0.15) is 10.1 Å². The zero-order valence-corrected chi connectivity index (χ0v) is 29.7. The smallest absolute Gasteiger partial charge is 0.298 e. The molecular formula is C35H47N9O6. The van der Waals surface area contributed by atoms with Gasteiger partial charge < -0.3 is 35.4 Å². The molecule has 268 valence electrons. The fourth-order valence-electron chi connectivity index (χ4n) is 5.57. The van der Waals surface area contributed by atoms with E-state index in [0.717, 1.165) is 12.8 Å². The molecule has 2 aromatic heterocycles. The Kier molecular flexibility index (Phi) is 11.7. The summed E-state index contributed by atoms with van der Waals surface area (Å²) in [4.78, 5) is 42.1. The molecule has 15 nitrogen and oxygen atoms in total. The van der Waals surface area contributed by atoms with Gasteiger partial charge in [0.2, 0.25) is 17.4 Å². The number of anilines is 2. The number of ether oxygens (including phenoxy) is 2. The van der Waals surface area contributed by atoms with Crippen molar-refractivity contribution in [1.82, 2.24) is 18.9 Å². The van der Waals surface area contributed by atoms with Crippen molar-refractivity contribution in [2.75, 3.05) is 31.1 Å². The number of fused-ring (bicyclic) bond motifs is 1. The molecule has 0 spiro atoms. The predicted molar refractivity (Wildman–Crippen MR) is 191 cm³/mol. The van der Waals surface area contributed by atoms with Crippen LogP contribution < -0.4 is 37.4 Å². The number of methoxy groups -OCH3 is 1. The number of aryl methyl sites for hydroxylation is 3. The van der Waals surface area contributed by atoms with E-state index in [1.165, 1.54) is 13.2 Å². The van der Waals surface area contributed by atoms with Crippen molar-refractivity contribution in [3.8, 4) is 11.5 Å². The number of carbonyl (C=O) groups is 3.